The third-order valence-electron chi connectivity index (χ3n) is 6.66. The third kappa shape index (κ3) is 8.98. The van der Waals surface area contributed by atoms with E-state index in [1.165, 1.54) is 21.1 Å². The molecule has 1 rings (SSSR count). The zero-order valence-electron chi connectivity index (χ0n) is 22.2. The normalized spacial score (nSPS) is 14.8. The van der Waals surface area contributed by atoms with Crippen LogP contribution in [0.25, 0.3) is 0 Å². The number of carbonyl (C=O) groups is 2. The highest BCUT2D eigenvalue weighted by atomic mass is 16.6. The van der Waals surface area contributed by atoms with Crippen molar-refractivity contribution in [3.8, 4) is 17.4 Å². The van der Waals surface area contributed by atoms with Crippen LogP contribution in [0.2, 0.25) is 0 Å². The number of rotatable bonds is 15. The fraction of sp³-hybridized carbons (Fsp3) is 0.741. The zero-order chi connectivity index (χ0) is 25.1. The van der Waals surface area contributed by atoms with Gasteiger partial charge in [0.2, 0.25) is 5.75 Å². The molecule has 0 aliphatic rings. The summed E-state index contributed by atoms with van der Waals surface area (Å²) < 4.78 is 16.2. The Labute approximate surface area is 200 Å². The molecular weight excluding hydrogens is 418 g/mol. The fourth-order valence-electron chi connectivity index (χ4n) is 4.35. The maximum Gasteiger partial charge on any atom is 0.308 e. The fourth-order valence-corrected chi connectivity index (χ4v) is 4.35. The molecule has 4 unspecified atom stereocenters. The standard InChI is InChI=1S/C27H45NO5/c1-10-19(4)24(30)20(5)16-18(3)13-11-12-17(2)14-15-23-21(6)25(33-22(7)29)26(31-8)27(28-23)32-9/h17-20H,10-16H2,1-9H3. The highest BCUT2D eigenvalue weighted by Gasteiger charge is 2.23. The number of aryl methyl sites for hydroxylation is 1. The summed E-state index contributed by atoms with van der Waals surface area (Å²) in [6.07, 6.45) is 7.10. The second-order valence-electron chi connectivity index (χ2n) is 9.68. The van der Waals surface area contributed by atoms with E-state index in [4.69, 9.17) is 14.2 Å². The van der Waals surface area contributed by atoms with E-state index in [0.717, 1.165) is 56.2 Å². The van der Waals surface area contributed by atoms with Crippen molar-refractivity contribution in [3.05, 3.63) is 11.3 Å². The van der Waals surface area contributed by atoms with E-state index < -0.39 is 5.97 Å². The molecule has 0 amide bonds. The van der Waals surface area contributed by atoms with E-state index >= 15 is 0 Å². The van der Waals surface area contributed by atoms with E-state index in [0.29, 0.717) is 35.0 Å². The number of Topliss-reactive ketones (excluding diaryl/α,β-unsaturated/α-hetero) is 1. The molecule has 0 aliphatic carbocycles. The minimum absolute atomic E-state index is 0.151. The number of ether oxygens (including phenoxy) is 3. The largest absolute Gasteiger partial charge is 0.489 e. The number of carbonyl (C=O) groups excluding carboxylic acids is 2. The number of nitrogens with zero attached hydrogens (tertiary/aromatic N) is 1. The van der Waals surface area contributed by atoms with Gasteiger partial charge in [0.25, 0.3) is 5.88 Å². The summed E-state index contributed by atoms with van der Waals surface area (Å²) in [7, 11) is 3.04. The number of esters is 1. The van der Waals surface area contributed by atoms with Crippen LogP contribution < -0.4 is 14.2 Å². The Balaban J connectivity index is 2.62. The van der Waals surface area contributed by atoms with Gasteiger partial charge >= 0.3 is 5.97 Å². The van der Waals surface area contributed by atoms with Crippen molar-refractivity contribution in [3.63, 3.8) is 0 Å². The van der Waals surface area contributed by atoms with Crippen LogP contribution in [0.4, 0.5) is 0 Å². The van der Waals surface area contributed by atoms with Gasteiger partial charge in [-0.15, -0.1) is 0 Å². The summed E-state index contributed by atoms with van der Waals surface area (Å²) >= 11 is 0. The molecule has 0 bridgehead atoms. The van der Waals surface area contributed by atoms with Gasteiger partial charge in [0.05, 0.1) is 19.9 Å². The van der Waals surface area contributed by atoms with E-state index in [-0.39, 0.29) is 11.8 Å². The molecule has 4 atom stereocenters. The Bertz CT molecular complexity index is 776. The van der Waals surface area contributed by atoms with Gasteiger partial charge in [-0.05, 0) is 44.4 Å². The van der Waals surface area contributed by atoms with Gasteiger partial charge in [0, 0.05) is 24.3 Å². The average Bonchev–Trinajstić information content (AvgIpc) is 2.77. The Morgan fingerprint density at radius 1 is 0.909 bits per heavy atom. The lowest BCUT2D eigenvalue weighted by molar-refractivity contribution is -0.132. The van der Waals surface area contributed by atoms with Crippen LogP contribution in [-0.4, -0.2) is 31.0 Å². The van der Waals surface area contributed by atoms with Crippen LogP contribution in [0, 0.1) is 30.6 Å². The van der Waals surface area contributed by atoms with Gasteiger partial charge in [0.1, 0.15) is 5.78 Å². The molecule has 0 N–H and O–H groups in total. The van der Waals surface area contributed by atoms with Gasteiger partial charge in [0.15, 0.2) is 5.75 Å². The molecule has 0 saturated carbocycles. The molecule has 0 spiro atoms. The molecule has 0 fully saturated rings. The van der Waals surface area contributed by atoms with E-state index in [1.54, 1.807) is 0 Å². The van der Waals surface area contributed by atoms with E-state index in [9.17, 15) is 9.59 Å². The molecule has 0 aromatic carbocycles. The van der Waals surface area contributed by atoms with Gasteiger partial charge < -0.3 is 14.2 Å². The van der Waals surface area contributed by atoms with Crippen molar-refractivity contribution in [2.45, 2.75) is 93.4 Å². The lowest BCUT2D eigenvalue weighted by Crippen LogP contribution is -2.20. The second-order valence-corrected chi connectivity index (χ2v) is 9.68. The summed E-state index contributed by atoms with van der Waals surface area (Å²) in [5, 5.41) is 0. The monoisotopic (exact) mass is 463 g/mol. The molecule has 1 heterocycles. The van der Waals surface area contributed by atoms with Crippen LogP contribution in [0.3, 0.4) is 0 Å². The van der Waals surface area contributed by atoms with Crippen molar-refractivity contribution >= 4 is 11.8 Å². The third-order valence-corrected chi connectivity index (χ3v) is 6.66. The van der Waals surface area contributed by atoms with Crippen molar-refractivity contribution in [2.75, 3.05) is 14.2 Å². The number of hydrogen-bond acceptors (Lipinski definition) is 6. The predicted octanol–water partition coefficient (Wildman–Crippen LogP) is 6.35. The first-order chi connectivity index (χ1) is 15.5. The summed E-state index contributed by atoms with van der Waals surface area (Å²) in [6.45, 7) is 14.0. The number of aromatic nitrogens is 1. The molecule has 0 saturated heterocycles. The molecule has 0 aliphatic heterocycles. The number of ketones is 1. The Hall–Kier alpha value is -2.11. The SMILES string of the molecule is CCC(C)C(=O)C(C)CC(C)CCCC(C)CCc1nc(OC)c(OC)c(OC(C)=O)c1C. The summed E-state index contributed by atoms with van der Waals surface area (Å²) in [4.78, 5) is 28.5. The van der Waals surface area contributed by atoms with Crippen molar-refractivity contribution < 1.29 is 23.8 Å². The molecule has 1 aromatic heterocycles. The minimum atomic E-state index is -0.404. The van der Waals surface area contributed by atoms with Crippen LogP contribution in [-0.2, 0) is 16.0 Å². The summed E-state index contributed by atoms with van der Waals surface area (Å²) in [5.41, 5.74) is 1.67. The number of hydrogen-bond donors (Lipinski definition) is 0. The van der Waals surface area contributed by atoms with Gasteiger partial charge in [-0.3, -0.25) is 9.59 Å². The van der Waals surface area contributed by atoms with Gasteiger partial charge in [-0.25, -0.2) is 4.98 Å². The lowest BCUT2D eigenvalue weighted by Gasteiger charge is -2.20. The molecule has 6 nitrogen and oxygen atoms in total. The van der Waals surface area contributed by atoms with Crippen molar-refractivity contribution in [1.82, 2.24) is 4.98 Å². The molecule has 0 radical (unpaired) electrons. The van der Waals surface area contributed by atoms with Gasteiger partial charge in [-0.2, -0.15) is 0 Å². The highest BCUT2D eigenvalue weighted by Crippen LogP contribution is 2.40. The zero-order valence-corrected chi connectivity index (χ0v) is 22.2. The summed E-state index contributed by atoms with van der Waals surface area (Å²) in [5.74, 6) is 2.48. The van der Waals surface area contributed by atoms with Crippen LogP contribution in [0.15, 0.2) is 0 Å². The van der Waals surface area contributed by atoms with Crippen LogP contribution in [0.1, 0.15) is 91.3 Å². The first-order valence-corrected chi connectivity index (χ1v) is 12.4. The first kappa shape index (κ1) is 28.9. The smallest absolute Gasteiger partial charge is 0.308 e. The molecule has 6 heteroatoms. The van der Waals surface area contributed by atoms with E-state index in [1.807, 2.05) is 13.8 Å². The Morgan fingerprint density at radius 2 is 1.55 bits per heavy atom. The average molecular weight is 464 g/mol. The number of pyridine rings is 1. The Morgan fingerprint density at radius 3 is 2.09 bits per heavy atom. The second kappa shape index (κ2) is 14.2. The topological polar surface area (TPSA) is 74.7 Å². The van der Waals surface area contributed by atoms with Gasteiger partial charge in [-0.1, -0.05) is 53.9 Å². The number of methoxy groups -OCH3 is 2. The molecule has 188 valence electrons. The Kier molecular flexibility index (Phi) is 12.5. The molecule has 33 heavy (non-hydrogen) atoms. The minimum Gasteiger partial charge on any atom is -0.489 e. The maximum absolute atomic E-state index is 12.4. The summed E-state index contributed by atoms with van der Waals surface area (Å²) in [6, 6.07) is 0. The van der Waals surface area contributed by atoms with Crippen LogP contribution in [0.5, 0.6) is 17.4 Å². The molecule has 1 aromatic rings. The molecular formula is C27H45NO5. The first-order valence-electron chi connectivity index (χ1n) is 12.4. The quantitative estimate of drug-likeness (QED) is 0.282. The van der Waals surface area contributed by atoms with Crippen molar-refractivity contribution in [2.24, 2.45) is 23.7 Å². The predicted molar refractivity (Wildman–Crippen MR) is 132 cm³/mol. The lowest BCUT2D eigenvalue weighted by atomic mass is 9.85. The maximum atomic E-state index is 12.4. The van der Waals surface area contributed by atoms with E-state index in [2.05, 4.69) is 32.7 Å². The highest BCUT2D eigenvalue weighted by molar-refractivity contribution is 5.82. The van der Waals surface area contributed by atoms with Crippen molar-refractivity contribution in [1.29, 1.82) is 0 Å². The van der Waals surface area contributed by atoms with Crippen LogP contribution >= 0.6 is 0 Å².